The molecule has 1 fully saturated rings. The number of halogens is 4. The van der Waals surface area contributed by atoms with Gasteiger partial charge in [0.1, 0.15) is 6.04 Å². The molecule has 0 N–H and O–H groups in total. The minimum absolute atomic E-state index is 0.155. The number of carbonyl (C=O) groups is 1. The van der Waals surface area contributed by atoms with E-state index in [4.69, 9.17) is 5.26 Å². The number of nitrogens with zero attached hydrogens (tertiary/aromatic N) is 2. The minimum atomic E-state index is -2.03. The Hall–Kier alpha value is -1.75. The van der Waals surface area contributed by atoms with Crippen molar-refractivity contribution in [1.82, 2.24) is 4.90 Å². The summed E-state index contributed by atoms with van der Waals surface area (Å²) < 4.78 is 52.6. The van der Waals surface area contributed by atoms with Crippen LogP contribution in [0.5, 0.6) is 0 Å². The topological polar surface area (TPSA) is 44.1 Å². The highest BCUT2D eigenvalue weighted by molar-refractivity contribution is 7.99. The normalized spacial score (nSPS) is 18.8. The molecule has 2 rings (SSSR count). The molecule has 0 bridgehead atoms. The number of thioether (sulfide) groups is 1. The van der Waals surface area contributed by atoms with E-state index in [1.165, 1.54) is 11.8 Å². The third kappa shape index (κ3) is 2.45. The van der Waals surface area contributed by atoms with E-state index in [-0.39, 0.29) is 6.54 Å². The molecule has 0 aliphatic carbocycles. The molecule has 1 aliphatic heterocycles. The van der Waals surface area contributed by atoms with E-state index in [1.807, 2.05) is 6.07 Å². The fourth-order valence-corrected chi connectivity index (χ4v) is 2.81. The van der Waals surface area contributed by atoms with E-state index < -0.39 is 40.8 Å². The van der Waals surface area contributed by atoms with Gasteiger partial charge in [0.2, 0.25) is 0 Å². The van der Waals surface area contributed by atoms with Crippen LogP contribution in [-0.2, 0) is 0 Å². The van der Waals surface area contributed by atoms with Crippen molar-refractivity contribution in [2.45, 2.75) is 6.04 Å². The van der Waals surface area contributed by atoms with Crippen LogP contribution in [-0.4, -0.2) is 34.9 Å². The minimum Gasteiger partial charge on any atom is -0.321 e. The van der Waals surface area contributed by atoms with Gasteiger partial charge < -0.3 is 4.90 Å². The van der Waals surface area contributed by atoms with Gasteiger partial charge in [0, 0.05) is 18.1 Å². The molecule has 106 valence electrons. The second kappa shape index (κ2) is 5.71. The number of nitriles is 1. The molecular formula is C12H8F4N2OS. The lowest BCUT2D eigenvalue weighted by atomic mass is 10.1. The van der Waals surface area contributed by atoms with Gasteiger partial charge >= 0.3 is 0 Å². The Morgan fingerprint density at radius 1 is 1.30 bits per heavy atom. The van der Waals surface area contributed by atoms with Crippen molar-refractivity contribution in [3.05, 3.63) is 34.9 Å². The molecule has 0 unspecified atom stereocenters. The number of benzene rings is 1. The molecule has 20 heavy (non-hydrogen) atoms. The Morgan fingerprint density at radius 2 is 2.00 bits per heavy atom. The maximum absolute atomic E-state index is 13.6. The van der Waals surface area contributed by atoms with Gasteiger partial charge in [-0.15, -0.1) is 0 Å². The Kier molecular flexibility index (Phi) is 4.18. The second-order valence-corrected chi connectivity index (χ2v) is 5.22. The summed E-state index contributed by atoms with van der Waals surface area (Å²) in [4.78, 5) is 13.1. The molecule has 1 aromatic carbocycles. The summed E-state index contributed by atoms with van der Waals surface area (Å²) in [5, 5.41) is 8.92. The quantitative estimate of drug-likeness (QED) is 0.454. The molecule has 0 radical (unpaired) electrons. The van der Waals surface area contributed by atoms with Crippen LogP contribution in [0.1, 0.15) is 10.4 Å². The van der Waals surface area contributed by atoms with Crippen molar-refractivity contribution >= 4 is 17.7 Å². The van der Waals surface area contributed by atoms with Crippen molar-refractivity contribution in [2.75, 3.05) is 18.1 Å². The number of amides is 1. The lowest BCUT2D eigenvalue weighted by molar-refractivity contribution is 0.0730. The van der Waals surface area contributed by atoms with Crippen LogP contribution in [0.3, 0.4) is 0 Å². The van der Waals surface area contributed by atoms with Crippen molar-refractivity contribution in [3.63, 3.8) is 0 Å². The van der Waals surface area contributed by atoms with Gasteiger partial charge in [-0.25, -0.2) is 17.6 Å². The predicted octanol–water partition coefficient (Wildman–Crippen LogP) is 2.32. The summed E-state index contributed by atoms with van der Waals surface area (Å²) in [6, 6.07) is 1.37. The molecule has 1 heterocycles. The van der Waals surface area contributed by atoms with Crippen LogP contribution in [0.2, 0.25) is 0 Å². The molecule has 1 amide bonds. The summed E-state index contributed by atoms with van der Waals surface area (Å²) in [6.07, 6.45) is 0. The van der Waals surface area contributed by atoms with Crippen LogP contribution in [0.4, 0.5) is 17.6 Å². The summed E-state index contributed by atoms with van der Waals surface area (Å²) in [5.41, 5.74) is -0.909. The van der Waals surface area contributed by atoms with Gasteiger partial charge in [0.15, 0.2) is 23.3 Å². The van der Waals surface area contributed by atoms with Crippen LogP contribution < -0.4 is 0 Å². The maximum atomic E-state index is 13.6. The first-order chi connectivity index (χ1) is 9.47. The maximum Gasteiger partial charge on any atom is 0.258 e. The van der Waals surface area contributed by atoms with Crippen molar-refractivity contribution in [3.8, 4) is 6.07 Å². The molecule has 1 saturated heterocycles. The molecule has 1 atom stereocenters. The van der Waals surface area contributed by atoms with Crippen molar-refractivity contribution in [2.24, 2.45) is 0 Å². The van der Waals surface area contributed by atoms with Crippen LogP contribution in [0, 0.1) is 34.6 Å². The average Bonchev–Trinajstić information content (AvgIpc) is 2.48. The SMILES string of the molecule is N#C[C@@H]1CSCCN1C(=O)c1cc(F)c(F)c(F)c1F. The van der Waals surface area contributed by atoms with E-state index in [9.17, 15) is 22.4 Å². The van der Waals surface area contributed by atoms with Crippen LogP contribution >= 0.6 is 11.8 Å². The second-order valence-electron chi connectivity index (χ2n) is 4.07. The molecular weight excluding hydrogens is 296 g/mol. The van der Waals surface area contributed by atoms with Gasteiger partial charge in [-0.1, -0.05) is 0 Å². The van der Waals surface area contributed by atoms with E-state index in [2.05, 4.69) is 0 Å². The fourth-order valence-electron chi connectivity index (χ4n) is 1.84. The van der Waals surface area contributed by atoms with E-state index in [0.717, 1.165) is 4.90 Å². The Morgan fingerprint density at radius 3 is 2.65 bits per heavy atom. The number of hydrogen-bond acceptors (Lipinski definition) is 3. The standard InChI is InChI=1S/C12H8F4N2OS/c13-8-3-7(9(14)11(16)10(8)15)12(19)18-1-2-20-5-6(18)4-17/h3,6H,1-2,5H2/t6-/m1/s1. The highest BCUT2D eigenvalue weighted by atomic mass is 32.2. The van der Waals surface area contributed by atoms with E-state index >= 15 is 0 Å². The van der Waals surface area contributed by atoms with Gasteiger partial charge in [-0.2, -0.15) is 17.0 Å². The summed E-state index contributed by atoms with van der Waals surface area (Å²) in [7, 11) is 0. The molecule has 1 aromatic rings. The zero-order valence-corrected chi connectivity index (χ0v) is 10.8. The van der Waals surface area contributed by atoms with Gasteiger partial charge in [0.05, 0.1) is 11.6 Å². The zero-order chi connectivity index (χ0) is 14.9. The summed E-state index contributed by atoms with van der Waals surface area (Å²) in [6.45, 7) is 0.155. The lowest BCUT2D eigenvalue weighted by Crippen LogP contribution is -2.45. The molecule has 1 aliphatic rings. The number of hydrogen-bond donors (Lipinski definition) is 0. The van der Waals surface area contributed by atoms with Crippen LogP contribution in [0.25, 0.3) is 0 Å². The first-order valence-electron chi connectivity index (χ1n) is 5.58. The Balaban J connectivity index is 2.41. The summed E-state index contributed by atoms with van der Waals surface area (Å²) >= 11 is 1.44. The smallest absolute Gasteiger partial charge is 0.258 e. The van der Waals surface area contributed by atoms with Gasteiger partial charge in [-0.05, 0) is 6.07 Å². The Labute approximate surface area is 116 Å². The monoisotopic (exact) mass is 304 g/mol. The first-order valence-corrected chi connectivity index (χ1v) is 6.74. The lowest BCUT2D eigenvalue weighted by Gasteiger charge is -2.31. The molecule has 8 heteroatoms. The van der Waals surface area contributed by atoms with E-state index in [1.54, 1.807) is 0 Å². The molecule has 0 saturated carbocycles. The average molecular weight is 304 g/mol. The fraction of sp³-hybridized carbons (Fsp3) is 0.333. The van der Waals surface area contributed by atoms with Gasteiger partial charge in [0.25, 0.3) is 5.91 Å². The van der Waals surface area contributed by atoms with Crippen LogP contribution in [0.15, 0.2) is 6.07 Å². The molecule has 0 spiro atoms. The summed E-state index contributed by atoms with van der Waals surface area (Å²) in [5.74, 6) is -7.56. The number of carbonyl (C=O) groups excluding carboxylic acids is 1. The predicted molar refractivity (Wildman–Crippen MR) is 64.0 cm³/mol. The molecule has 0 aromatic heterocycles. The third-order valence-electron chi connectivity index (χ3n) is 2.87. The highest BCUT2D eigenvalue weighted by Crippen LogP contribution is 2.23. The zero-order valence-electron chi connectivity index (χ0n) is 10.00. The third-order valence-corrected chi connectivity index (χ3v) is 3.89. The van der Waals surface area contributed by atoms with Crippen molar-refractivity contribution < 1.29 is 22.4 Å². The van der Waals surface area contributed by atoms with Crippen molar-refractivity contribution in [1.29, 1.82) is 5.26 Å². The van der Waals surface area contributed by atoms with E-state index in [0.29, 0.717) is 17.6 Å². The molecule has 3 nitrogen and oxygen atoms in total. The Bertz CT molecular complexity index is 602. The first kappa shape index (κ1) is 14.7. The van der Waals surface area contributed by atoms with Gasteiger partial charge in [-0.3, -0.25) is 4.79 Å². The largest absolute Gasteiger partial charge is 0.321 e. The number of rotatable bonds is 1. The highest BCUT2D eigenvalue weighted by Gasteiger charge is 2.31.